The third kappa shape index (κ3) is 1.52. The molecule has 0 bridgehead atoms. The van der Waals surface area contributed by atoms with Gasteiger partial charge in [0.2, 0.25) is 0 Å². The molecule has 0 radical (unpaired) electrons. The smallest absolute Gasteiger partial charge is 0.152 e. The SMILES string of the molecule is Cn1cc(-c2nc(C#N)cs2)c2ccccc21. The Hall–Kier alpha value is -2.12. The number of aryl methyl sites for hydroxylation is 1. The van der Waals surface area contributed by atoms with Crippen LogP contribution in [-0.2, 0) is 7.05 Å². The van der Waals surface area contributed by atoms with Gasteiger partial charge in [-0.3, -0.25) is 0 Å². The highest BCUT2D eigenvalue weighted by molar-refractivity contribution is 7.13. The summed E-state index contributed by atoms with van der Waals surface area (Å²) < 4.78 is 2.08. The van der Waals surface area contributed by atoms with Gasteiger partial charge in [0.15, 0.2) is 5.69 Å². The Morgan fingerprint density at radius 2 is 2.18 bits per heavy atom. The van der Waals surface area contributed by atoms with Gasteiger partial charge in [0.1, 0.15) is 11.1 Å². The Balaban J connectivity index is 2.27. The van der Waals surface area contributed by atoms with Crippen molar-refractivity contribution in [2.24, 2.45) is 7.05 Å². The van der Waals surface area contributed by atoms with E-state index in [1.165, 1.54) is 22.2 Å². The monoisotopic (exact) mass is 239 g/mol. The van der Waals surface area contributed by atoms with Crippen LogP contribution in [0.5, 0.6) is 0 Å². The highest BCUT2D eigenvalue weighted by Gasteiger charge is 2.11. The standard InChI is InChI=1S/C13H9N3S/c1-16-7-11(10-4-2-3-5-12(10)16)13-15-9(6-14)8-17-13/h2-5,7-8H,1H3. The van der Waals surface area contributed by atoms with Crippen molar-refractivity contribution in [3.8, 4) is 16.6 Å². The van der Waals surface area contributed by atoms with Crippen LogP contribution in [0.25, 0.3) is 21.5 Å². The minimum absolute atomic E-state index is 0.484. The third-order valence-electron chi connectivity index (χ3n) is 2.75. The minimum Gasteiger partial charge on any atom is -0.350 e. The molecule has 3 rings (SSSR count). The summed E-state index contributed by atoms with van der Waals surface area (Å²) in [6.45, 7) is 0. The van der Waals surface area contributed by atoms with Gasteiger partial charge in [-0.15, -0.1) is 11.3 Å². The lowest BCUT2D eigenvalue weighted by Crippen LogP contribution is -1.81. The molecule has 0 aliphatic heterocycles. The number of fused-ring (bicyclic) bond motifs is 1. The number of para-hydroxylation sites is 1. The first-order valence-electron chi connectivity index (χ1n) is 5.19. The van der Waals surface area contributed by atoms with Crippen LogP contribution in [0.2, 0.25) is 0 Å². The van der Waals surface area contributed by atoms with Crippen molar-refractivity contribution >= 4 is 22.2 Å². The van der Waals surface area contributed by atoms with Crippen molar-refractivity contribution in [2.75, 3.05) is 0 Å². The molecule has 0 spiro atoms. The van der Waals surface area contributed by atoms with Crippen molar-refractivity contribution in [3.05, 3.63) is 41.5 Å². The third-order valence-corrected chi connectivity index (χ3v) is 3.62. The van der Waals surface area contributed by atoms with Crippen molar-refractivity contribution in [2.45, 2.75) is 0 Å². The second-order valence-corrected chi connectivity index (χ2v) is 4.68. The number of thiazole rings is 1. The van der Waals surface area contributed by atoms with Crippen LogP contribution in [0, 0.1) is 11.3 Å². The van der Waals surface area contributed by atoms with Crippen LogP contribution in [0.4, 0.5) is 0 Å². The second-order valence-electron chi connectivity index (χ2n) is 3.82. The van der Waals surface area contributed by atoms with E-state index in [1.54, 1.807) is 5.38 Å². The fourth-order valence-corrected chi connectivity index (χ4v) is 2.73. The molecule has 0 amide bonds. The molecule has 3 nitrogen and oxygen atoms in total. The van der Waals surface area contributed by atoms with Crippen LogP contribution in [-0.4, -0.2) is 9.55 Å². The Kier molecular flexibility index (Phi) is 2.20. The summed E-state index contributed by atoms with van der Waals surface area (Å²) in [5, 5.41) is 12.7. The average molecular weight is 239 g/mol. The largest absolute Gasteiger partial charge is 0.350 e. The lowest BCUT2D eigenvalue weighted by atomic mass is 10.2. The van der Waals surface area contributed by atoms with E-state index in [0.29, 0.717) is 5.69 Å². The van der Waals surface area contributed by atoms with Gasteiger partial charge in [0, 0.05) is 35.1 Å². The fourth-order valence-electron chi connectivity index (χ4n) is 1.96. The topological polar surface area (TPSA) is 41.6 Å². The average Bonchev–Trinajstić information content (AvgIpc) is 2.95. The van der Waals surface area contributed by atoms with Crippen LogP contribution in [0.1, 0.15) is 5.69 Å². The van der Waals surface area contributed by atoms with Gasteiger partial charge < -0.3 is 4.57 Å². The molecule has 3 aromatic rings. The van der Waals surface area contributed by atoms with E-state index < -0.39 is 0 Å². The quantitative estimate of drug-likeness (QED) is 0.654. The number of rotatable bonds is 1. The van der Waals surface area contributed by atoms with E-state index in [-0.39, 0.29) is 0 Å². The zero-order valence-electron chi connectivity index (χ0n) is 9.21. The molecular formula is C13H9N3S. The van der Waals surface area contributed by atoms with Gasteiger partial charge in [-0.25, -0.2) is 4.98 Å². The summed E-state index contributed by atoms with van der Waals surface area (Å²) in [5.41, 5.74) is 2.75. The highest BCUT2D eigenvalue weighted by Crippen LogP contribution is 2.31. The molecule has 0 unspecified atom stereocenters. The van der Waals surface area contributed by atoms with Crippen molar-refractivity contribution in [1.29, 1.82) is 5.26 Å². The molecule has 0 saturated carbocycles. The number of nitrogens with zero attached hydrogens (tertiary/aromatic N) is 3. The van der Waals surface area contributed by atoms with E-state index in [0.717, 1.165) is 10.6 Å². The fraction of sp³-hybridized carbons (Fsp3) is 0.0769. The van der Waals surface area contributed by atoms with Crippen molar-refractivity contribution in [1.82, 2.24) is 9.55 Å². The number of hydrogen-bond acceptors (Lipinski definition) is 3. The van der Waals surface area contributed by atoms with Crippen LogP contribution >= 0.6 is 11.3 Å². The van der Waals surface area contributed by atoms with Gasteiger partial charge in [0.05, 0.1) is 0 Å². The van der Waals surface area contributed by atoms with E-state index in [9.17, 15) is 0 Å². The number of benzene rings is 1. The summed E-state index contributed by atoms with van der Waals surface area (Å²) >= 11 is 1.51. The second kappa shape index (κ2) is 3.72. The van der Waals surface area contributed by atoms with Crippen LogP contribution in [0.15, 0.2) is 35.8 Å². The maximum absolute atomic E-state index is 8.81. The first-order valence-corrected chi connectivity index (χ1v) is 6.07. The van der Waals surface area contributed by atoms with Gasteiger partial charge in [-0.2, -0.15) is 5.26 Å². The summed E-state index contributed by atoms with van der Waals surface area (Å²) in [7, 11) is 2.02. The van der Waals surface area contributed by atoms with Crippen LogP contribution < -0.4 is 0 Å². The van der Waals surface area contributed by atoms with Gasteiger partial charge in [-0.1, -0.05) is 18.2 Å². The molecule has 0 aliphatic rings. The number of hydrogen-bond donors (Lipinski definition) is 0. The van der Waals surface area contributed by atoms with E-state index in [4.69, 9.17) is 5.26 Å². The predicted molar refractivity (Wildman–Crippen MR) is 68.7 cm³/mol. The maximum Gasteiger partial charge on any atom is 0.152 e. The number of aromatic nitrogens is 2. The van der Waals surface area contributed by atoms with E-state index in [2.05, 4.69) is 33.9 Å². The van der Waals surface area contributed by atoms with Crippen LogP contribution in [0.3, 0.4) is 0 Å². The predicted octanol–water partition coefficient (Wildman–Crippen LogP) is 3.17. The van der Waals surface area contributed by atoms with Crippen molar-refractivity contribution < 1.29 is 0 Å². The summed E-state index contributed by atoms with van der Waals surface area (Å²) in [6.07, 6.45) is 2.06. The summed E-state index contributed by atoms with van der Waals surface area (Å²) in [5.74, 6) is 0. The van der Waals surface area contributed by atoms with E-state index in [1.807, 2.05) is 19.2 Å². The molecule has 17 heavy (non-hydrogen) atoms. The molecule has 2 aromatic heterocycles. The molecule has 1 aromatic carbocycles. The van der Waals surface area contributed by atoms with Crippen molar-refractivity contribution in [3.63, 3.8) is 0 Å². The summed E-state index contributed by atoms with van der Waals surface area (Å²) in [4.78, 5) is 4.31. The zero-order valence-corrected chi connectivity index (χ0v) is 10.0. The minimum atomic E-state index is 0.484. The van der Waals surface area contributed by atoms with Gasteiger partial charge in [-0.05, 0) is 6.07 Å². The molecule has 0 N–H and O–H groups in total. The highest BCUT2D eigenvalue weighted by atomic mass is 32.1. The molecule has 0 saturated heterocycles. The maximum atomic E-state index is 8.81. The number of nitriles is 1. The van der Waals surface area contributed by atoms with Gasteiger partial charge in [0.25, 0.3) is 0 Å². The van der Waals surface area contributed by atoms with E-state index >= 15 is 0 Å². The lowest BCUT2D eigenvalue weighted by Gasteiger charge is -1.93. The first kappa shape index (κ1) is 10.1. The molecular weight excluding hydrogens is 230 g/mol. The Morgan fingerprint density at radius 1 is 1.35 bits per heavy atom. The Bertz CT molecular complexity index is 731. The molecule has 82 valence electrons. The molecule has 0 fully saturated rings. The molecule has 2 heterocycles. The van der Waals surface area contributed by atoms with Gasteiger partial charge >= 0.3 is 0 Å². The normalized spacial score (nSPS) is 10.6. The Morgan fingerprint density at radius 3 is 2.94 bits per heavy atom. The lowest BCUT2D eigenvalue weighted by molar-refractivity contribution is 0.970. The molecule has 4 heteroatoms. The Labute approximate surface area is 103 Å². The zero-order chi connectivity index (χ0) is 11.8. The summed E-state index contributed by atoms with van der Waals surface area (Å²) in [6, 6.07) is 10.3. The first-order chi connectivity index (χ1) is 8.29. The molecule has 0 atom stereocenters. The molecule has 0 aliphatic carbocycles.